The number of rotatable bonds is 12. The Morgan fingerprint density at radius 1 is 0.250 bits per heavy atom. The molecule has 0 unspecified atom stereocenters. The Morgan fingerprint density at radius 2 is 0.694 bits per heavy atom. The lowest BCUT2D eigenvalue weighted by Crippen LogP contribution is -1.98. The van der Waals surface area contributed by atoms with E-state index in [0.717, 1.165) is 81.7 Å². The zero-order valence-corrected chi connectivity index (χ0v) is 40.7. The normalized spacial score (nSPS) is 11.4. The molecule has 12 aromatic rings. The molecule has 72 heavy (non-hydrogen) atoms. The SMILES string of the molecule is Cc1ccc(-c2ccc(CCc3cc(CCc4ccc(-c5ccc(C)cn5)cc4)cc(-c4ccccc4-c4cnc(-c5ccccc5)cc4-c4ccc5c6ccccc6c6ccccc6c5c4)c3)cc2)nc1. The van der Waals surface area contributed by atoms with E-state index >= 15 is 0 Å². The molecule has 3 heteroatoms. The molecule has 9 aromatic carbocycles. The van der Waals surface area contributed by atoms with Crippen LogP contribution in [-0.4, -0.2) is 15.0 Å². The van der Waals surface area contributed by atoms with Gasteiger partial charge in [-0.15, -0.1) is 0 Å². The van der Waals surface area contributed by atoms with E-state index in [1.807, 2.05) is 12.4 Å². The van der Waals surface area contributed by atoms with E-state index in [2.05, 4.69) is 248 Å². The molecule has 344 valence electrons. The van der Waals surface area contributed by atoms with Crippen molar-refractivity contribution < 1.29 is 0 Å². The summed E-state index contributed by atoms with van der Waals surface area (Å²) >= 11 is 0. The lowest BCUT2D eigenvalue weighted by atomic mass is 9.86. The van der Waals surface area contributed by atoms with Crippen LogP contribution in [0.1, 0.15) is 33.4 Å². The number of fused-ring (bicyclic) bond motifs is 6. The van der Waals surface area contributed by atoms with Crippen LogP contribution in [-0.2, 0) is 25.7 Å². The number of nitrogens with zero attached hydrogens (tertiary/aromatic N) is 3. The average Bonchev–Trinajstić information content (AvgIpc) is 3.45. The van der Waals surface area contributed by atoms with Gasteiger partial charge in [0.15, 0.2) is 0 Å². The molecule has 12 rings (SSSR count). The molecule has 0 aliphatic heterocycles. The van der Waals surface area contributed by atoms with Crippen LogP contribution in [0.2, 0.25) is 0 Å². The predicted molar refractivity (Wildman–Crippen MR) is 302 cm³/mol. The van der Waals surface area contributed by atoms with Crippen molar-refractivity contribution in [2.75, 3.05) is 0 Å². The first-order chi connectivity index (χ1) is 35.5. The number of benzene rings is 9. The van der Waals surface area contributed by atoms with Crippen LogP contribution in [0.3, 0.4) is 0 Å². The minimum Gasteiger partial charge on any atom is -0.256 e. The number of aryl methyl sites for hydroxylation is 6. The first-order valence-corrected chi connectivity index (χ1v) is 25.1. The standard InChI is InChI=1S/C69H53N3/c1-46-20-36-67(70-43-46)53-30-26-48(27-31-53)22-24-50-38-51(25-23-49-28-32-54(33-29-49)68-37-21-47(2)44-71-68)40-56(39-50)57-14-6-7-15-58(57)66-45-72-69(52-12-4-3-5-13-52)42-64(66)55-34-35-63-61-18-9-8-16-59(61)60-17-10-11-19-62(60)65(63)41-55/h3-21,26-45H,22-25H2,1-2H3. The Bertz CT molecular complexity index is 3750. The van der Waals surface area contributed by atoms with Crippen molar-refractivity contribution in [3.05, 3.63) is 270 Å². The molecule has 0 spiro atoms. The van der Waals surface area contributed by atoms with Gasteiger partial charge in [-0.1, -0.05) is 194 Å². The molecule has 0 amide bonds. The Kier molecular flexibility index (Phi) is 12.1. The zero-order valence-electron chi connectivity index (χ0n) is 40.7. The molecule has 0 saturated heterocycles. The lowest BCUT2D eigenvalue weighted by Gasteiger charge is -2.18. The highest BCUT2D eigenvalue weighted by Gasteiger charge is 2.18. The number of hydrogen-bond donors (Lipinski definition) is 0. The fourth-order valence-corrected chi connectivity index (χ4v) is 10.5. The molecular formula is C69H53N3. The average molecular weight is 924 g/mol. The highest BCUT2D eigenvalue weighted by molar-refractivity contribution is 6.25. The Hall–Kier alpha value is -8.79. The summed E-state index contributed by atoms with van der Waals surface area (Å²) in [5, 5.41) is 7.59. The van der Waals surface area contributed by atoms with E-state index in [-0.39, 0.29) is 0 Å². The van der Waals surface area contributed by atoms with Gasteiger partial charge in [-0.05, 0) is 157 Å². The molecule has 3 heterocycles. The Morgan fingerprint density at radius 3 is 1.24 bits per heavy atom. The van der Waals surface area contributed by atoms with Gasteiger partial charge < -0.3 is 0 Å². The van der Waals surface area contributed by atoms with Gasteiger partial charge in [0.1, 0.15) is 0 Å². The molecule has 0 bridgehead atoms. The van der Waals surface area contributed by atoms with Crippen LogP contribution in [0.25, 0.3) is 99.5 Å². The number of hydrogen-bond acceptors (Lipinski definition) is 3. The van der Waals surface area contributed by atoms with Gasteiger partial charge in [0.05, 0.1) is 17.1 Å². The van der Waals surface area contributed by atoms with E-state index in [0.29, 0.717) is 0 Å². The second-order valence-corrected chi connectivity index (χ2v) is 19.3. The van der Waals surface area contributed by atoms with Crippen LogP contribution < -0.4 is 0 Å². The third kappa shape index (κ3) is 9.09. The minimum absolute atomic E-state index is 0.918. The second-order valence-electron chi connectivity index (χ2n) is 19.3. The van der Waals surface area contributed by atoms with Crippen molar-refractivity contribution >= 4 is 32.3 Å². The second kappa shape index (κ2) is 19.5. The highest BCUT2D eigenvalue weighted by Crippen LogP contribution is 2.43. The maximum absolute atomic E-state index is 5.21. The number of pyridine rings is 3. The van der Waals surface area contributed by atoms with E-state index < -0.39 is 0 Å². The smallest absolute Gasteiger partial charge is 0.0708 e. The maximum atomic E-state index is 5.21. The molecule has 0 atom stereocenters. The molecule has 0 N–H and O–H groups in total. The third-order valence-electron chi connectivity index (χ3n) is 14.3. The monoisotopic (exact) mass is 923 g/mol. The van der Waals surface area contributed by atoms with Crippen LogP contribution in [0.5, 0.6) is 0 Å². The van der Waals surface area contributed by atoms with E-state index in [4.69, 9.17) is 4.98 Å². The van der Waals surface area contributed by atoms with E-state index in [1.165, 1.54) is 76.8 Å². The summed E-state index contributed by atoms with van der Waals surface area (Å²) in [5.74, 6) is 0. The van der Waals surface area contributed by atoms with Crippen LogP contribution in [0.15, 0.2) is 237 Å². The molecule has 3 nitrogen and oxygen atoms in total. The molecular weight excluding hydrogens is 871 g/mol. The summed E-state index contributed by atoms with van der Waals surface area (Å²) in [7, 11) is 0. The van der Waals surface area contributed by atoms with Gasteiger partial charge in [-0.3, -0.25) is 15.0 Å². The van der Waals surface area contributed by atoms with Crippen molar-refractivity contribution in [1.82, 2.24) is 15.0 Å². The summed E-state index contributed by atoms with van der Waals surface area (Å²) in [6.07, 6.45) is 9.68. The first kappa shape index (κ1) is 44.4. The van der Waals surface area contributed by atoms with Crippen LogP contribution in [0, 0.1) is 13.8 Å². The van der Waals surface area contributed by atoms with Crippen LogP contribution in [0.4, 0.5) is 0 Å². The fraction of sp³-hybridized carbons (Fsp3) is 0.0870. The third-order valence-corrected chi connectivity index (χ3v) is 14.3. The molecule has 0 saturated carbocycles. The van der Waals surface area contributed by atoms with Crippen molar-refractivity contribution in [3.8, 4) is 67.2 Å². The summed E-state index contributed by atoms with van der Waals surface area (Å²) in [5.41, 5.74) is 20.9. The summed E-state index contributed by atoms with van der Waals surface area (Å²) in [6, 6.07) is 80.1. The van der Waals surface area contributed by atoms with E-state index in [9.17, 15) is 0 Å². The van der Waals surface area contributed by atoms with Gasteiger partial charge in [-0.2, -0.15) is 0 Å². The molecule has 0 aliphatic carbocycles. The van der Waals surface area contributed by atoms with Crippen molar-refractivity contribution in [2.24, 2.45) is 0 Å². The van der Waals surface area contributed by atoms with Gasteiger partial charge >= 0.3 is 0 Å². The van der Waals surface area contributed by atoms with Gasteiger partial charge in [-0.25, -0.2) is 0 Å². The maximum Gasteiger partial charge on any atom is 0.0708 e. The molecule has 0 aliphatic rings. The summed E-state index contributed by atoms with van der Waals surface area (Å²) in [4.78, 5) is 14.6. The summed E-state index contributed by atoms with van der Waals surface area (Å²) in [6.45, 7) is 4.15. The molecule has 0 radical (unpaired) electrons. The number of aromatic nitrogens is 3. The Labute approximate surface area is 422 Å². The molecule has 3 aromatic heterocycles. The quantitative estimate of drug-likeness (QED) is 0.115. The molecule has 0 fully saturated rings. The highest BCUT2D eigenvalue weighted by atomic mass is 14.7. The topological polar surface area (TPSA) is 38.7 Å². The van der Waals surface area contributed by atoms with Crippen molar-refractivity contribution in [3.63, 3.8) is 0 Å². The minimum atomic E-state index is 0.918. The summed E-state index contributed by atoms with van der Waals surface area (Å²) < 4.78 is 0. The van der Waals surface area contributed by atoms with Crippen molar-refractivity contribution in [2.45, 2.75) is 39.5 Å². The van der Waals surface area contributed by atoms with Crippen molar-refractivity contribution in [1.29, 1.82) is 0 Å². The zero-order chi connectivity index (χ0) is 48.4. The van der Waals surface area contributed by atoms with Gasteiger partial charge in [0.2, 0.25) is 0 Å². The predicted octanol–water partition coefficient (Wildman–Crippen LogP) is 17.5. The fourth-order valence-electron chi connectivity index (χ4n) is 10.5. The van der Waals surface area contributed by atoms with Crippen LogP contribution >= 0.6 is 0 Å². The van der Waals surface area contributed by atoms with Gasteiger partial charge in [0.25, 0.3) is 0 Å². The van der Waals surface area contributed by atoms with Gasteiger partial charge in [0, 0.05) is 40.8 Å². The lowest BCUT2D eigenvalue weighted by molar-refractivity contribution is 0.931. The van der Waals surface area contributed by atoms with E-state index in [1.54, 1.807) is 0 Å². The Balaban J connectivity index is 0.944. The largest absolute Gasteiger partial charge is 0.256 e. The first-order valence-electron chi connectivity index (χ1n) is 25.1.